The molecule has 5 nitrogen and oxygen atoms in total. The average Bonchev–Trinajstić information content (AvgIpc) is 3.01. The molecular formula is C18H24ClFN4OS. The molecule has 0 saturated carbocycles. The fourth-order valence-corrected chi connectivity index (χ4v) is 3.89. The molecule has 1 saturated heterocycles. The number of aromatic nitrogens is 1. The van der Waals surface area contributed by atoms with Crippen LogP contribution in [-0.4, -0.2) is 41.0 Å². The van der Waals surface area contributed by atoms with Gasteiger partial charge in [-0.1, -0.05) is 0 Å². The molecule has 2 atom stereocenters. The highest BCUT2D eigenvalue weighted by atomic mass is 35.5. The number of piperazine rings is 1. The molecule has 1 aromatic heterocycles. The van der Waals surface area contributed by atoms with Crippen LogP contribution in [0.25, 0.3) is 0 Å². The van der Waals surface area contributed by atoms with Gasteiger partial charge in [-0.05, 0) is 38.1 Å². The maximum Gasteiger partial charge on any atom is 0.230 e. The predicted molar refractivity (Wildman–Crippen MR) is 106 cm³/mol. The van der Waals surface area contributed by atoms with Crippen LogP contribution in [-0.2, 0) is 11.3 Å². The van der Waals surface area contributed by atoms with Gasteiger partial charge in [-0.2, -0.15) is 0 Å². The predicted octanol–water partition coefficient (Wildman–Crippen LogP) is 3.57. The summed E-state index contributed by atoms with van der Waals surface area (Å²) in [6, 6.07) is 6.80. The Bertz CT molecular complexity index is 739. The van der Waals surface area contributed by atoms with Gasteiger partial charge in [0.15, 0.2) is 5.13 Å². The molecule has 2 heterocycles. The monoisotopic (exact) mass is 398 g/mol. The molecule has 3 rings (SSSR count). The lowest BCUT2D eigenvalue weighted by Crippen LogP contribution is -2.53. The third kappa shape index (κ3) is 4.79. The number of halogens is 2. The molecule has 2 unspecified atom stereocenters. The van der Waals surface area contributed by atoms with Gasteiger partial charge in [-0.25, -0.2) is 9.37 Å². The Labute approximate surface area is 163 Å². The number of amides is 1. The van der Waals surface area contributed by atoms with Crippen LogP contribution in [0.3, 0.4) is 0 Å². The highest BCUT2D eigenvalue weighted by Crippen LogP contribution is 2.29. The van der Waals surface area contributed by atoms with Crippen molar-refractivity contribution in [2.75, 3.05) is 18.0 Å². The maximum atomic E-state index is 13.2. The van der Waals surface area contributed by atoms with E-state index in [1.807, 2.05) is 5.38 Å². The van der Waals surface area contributed by atoms with Crippen molar-refractivity contribution < 1.29 is 9.18 Å². The van der Waals surface area contributed by atoms with Crippen molar-refractivity contribution in [1.82, 2.24) is 15.2 Å². The summed E-state index contributed by atoms with van der Waals surface area (Å²) in [5.41, 5.74) is 1.58. The first kappa shape index (κ1) is 20.8. The van der Waals surface area contributed by atoms with Crippen LogP contribution in [0.2, 0.25) is 0 Å². The number of carbonyl (C=O) groups excluding carboxylic acids is 1. The van der Waals surface area contributed by atoms with E-state index < -0.39 is 0 Å². The summed E-state index contributed by atoms with van der Waals surface area (Å²) in [7, 11) is 0. The summed E-state index contributed by atoms with van der Waals surface area (Å²) >= 11 is 1.43. The van der Waals surface area contributed by atoms with Crippen molar-refractivity contribution in [2.24, 2.45) is 0 Å². The molecule has 1 aliphatic rings. The van der Waals surface area contributed by atoms with Crippen LogP contribution >= 0.6 is 23.7 Å². The first-order valence-electron chi connectivity index (χ1n) is 8.42. The quantitative estimate of drug-likeness (QED) is 0.855. The molecule has 26 heavy (non-hydrogen) atoms. The molecule has 142 valence electrons. The number of hydrogen-bond acceptors (Lipinski definition) is 5. The fourth-order valence-electron chi connectivity index (χ4n) is 3.01. The third-order valence-corrected chi connectivity index (χ3v) is 5.26. The van der Waals surface area contributed by atoms with E-state index in [0.29, 0.717) is 22.9 Å². The Hall–Kier alpha value is -1.54. The van der Waals surface area contributed by atoms with E-state index in [-0.39, 0.29) is 24.1 Å². The lowest BCUT2D eigenvalue weighted by atomic mass is 10.1. The number of benzene rings is 1. The van der Waals surface area contributed by atoms with E-state index in [1.165, 1.54) is 35.3 Å². The Morgan fingerprint density at radius 3 is 2.73 bits per heavy atom. The van der Waals surface area contributed by atoms with Crippen molar-refractivity contribution in [3.8, 4) is 0 Å². The van der Waals surface area contributed by atoms with Gasteiger partial charge in [0, 0.05) is 44.0 Å². The highest BCUT2D eigenvalue weighted by molar-refractivity contribution is 7.14. The largest absolute Gasteiger partial charge is 0.311 e. The SMILES string of the molecule is CC(=O)N(c1ccc(F)cc1)c1nc(CN2CC(C)NCC2C)cs1.Cl. The second-order valence-electron chi connectivity index (χ2n) is 6.54. The van der Waals surface area contributed by atoms with Crippen LogP contribution in [0.5, 0.6) is 0 Å². The van der Waals surface area contributed by atoms with Gasteiger partial charge in [-0.15, -0.1) is 23.7 Å². The molecule has 0 radical (unpaired) electrons. The maximum absolute atomic E-state index is 13.2. The van der Waals surface area contributed by atoms with Gasteiger partial charge in [0.2, 0.25) is 5.91 Å². The zero-order chi connectivity index (χ0) is 18.0. The molecule has 0 bridgehead atoms. The van der Waals surface area contributed by atoms with Crippen LogP contribution in [0.4, 0.5) is 15.2 Å². The van der Waals surface area contributed by atoms with Crippen molar-refractivity contribution >= 4 is 40.5 Å². The third-order valence-electron chi connectivity index (χ3n) is 4.39. The molecule has 0 aliphatic carbocycles. The first-order chi connectivity index (χ1) is 11.9. The van der Waals surface area contributed by atoms with E-state index in [0.717, 1.165) is 25.3 Å². The first-order valence-corrected chi connectivity index (χ1v) is 9.30. The minimum absolute atomic E-state index is 0. The molecule has 1 aliphatic heterocycles. The molecule has 1 aromatic carbocycles. The fraction of sp³-hybridized carbons (Fsp3) is 0.444. The van der Waals surface area contributed by atoms with Crippen LogP contribution in [0.15, 0.2) is 29.6 Å². The topological polar surface area (TPSA) is 48.5 Å². The average molecular weight is 399 g/mol. The van der Waals surface area contributed by atoms with Gasteiger partial charge in [0.25, 0.3) is 0 Å². The zero-order valence-corrected chi connectivity index (χ0v) is 16.7. The van der Waals surface area contributed by atoms with Crippen molar-refractivity contribution in [2.45, 2.75) is 39.4 Å². The summed E-state index contributed by atoms with van der Waals surface area (Å²) < 4.78 is 13.2. The zero-order valence-electron chi connectivity index (χ0n) is 15.1. The van der Waals surface area contributed by atoms with Crippen molar-refractivity contribution in [3.05, 3.63) is 41.2 Å². The summed E-state index contributed by atoms with van der Waals surface area (Å²) in [4.78, 5) is 20.7. The van der Waals surface area contributed by atoms with E-state index in [9.17, 15) is 9.18 Å². The van der Waals surface area contributed by atoms with E-state index in [4.69, 9.17) is 0 Å². The van der Waals surface area contributed by atoms with Gasteiger partial charge < -0.3 is 5.32 Å². The Kier molecular flexibility index (Phi) is 7.11. The number of thiazole rings is 1. The Balaban J connectivity index is 0.00000243. The molecular weight excluding hydrogens is 375 g/mol. The van der Waals surface area contributed by atoms with Gasteiger partial charge in [0.1, 0.15) is 5.82 Å². The number of anilines is 2. The molecule has 8 heteroatoms. The van der Waals surface area contributed by atoms with Crippen molar-refractivity contribution in [3.63, 3.8) is 0 Å². The second-order valence-corrected chi connectivity index (χ2v) is 7.38. The number of carbonyl (C=O) groups is 1. The summed E-state index contributed by atoms with van der Waals surface area (Å²) in [6.07, 6.45) is 0. The summed E-state index contributed by atoms with van der Waals surface area (Å²) in [5.74, 6) is -0.467. The summed E-state index contributed by atoms with van der Waals surface area (Å²) in [5, 5.41) is 6.08. The van der Waals surface area contributed by atoms with Gasteiger partial charge >= 0.3 is 0 Å². The number of hydrogen-bond donors (Lipinski definition) is 1. The van der Waals surface area contributed by atoms with Crippen LogP contribution < -0.4 is 10.2 Å². The molecule has 1 fully saturated rings. The number of nitrogens with zero attached hydrogens (tertiary/aromatic N) is 3. The minimum Gasteiger partial charge on any atom is -0.311 e. The molecule has 1 N–H and O–H groups in total. The normalized spacial score (nSPS) is 20.5. The highest BCUT2D eigenvalue weighted by Gasteiger charge is 2.24. The van der Waals surface area contributed by atoms with E-state index in [1.54, 1.807) is 12.1 Å². The Morgan fingerprint density at radius 1 is 1.38 bits per heavy atom. The van der Waals surface area contributed by atoms with Gasteiger partial charge in [0.05, 0.1) is 11.4 Å². The standard InChI is InChI=1S/C18H23FN4OS.ClH/c1-12-9-22(13(2)8-20-12)10-16-11-25-18(21-16)23(14(3)24)17-6-4-15(19)5-7-17;/h4-7,11-13,20H,8-10H2,1-3H3;1H. The van der Waals surface area contributed by atoms with Crippen molar-refractivity contribution in [1.29, 1.82) is 0 Å². The summed E-state index contributed by atoms with van der Waals surface area (Å²) in [6.45, 7) is 8.57. The van der Waals surface area contributed by atoms with Crippen LogP contribution in [0, 0.1) is 5.82 Å². The lowest BCUT2D eigenvalue weighted by molar-refractivity contribution is -0.115. The molecule has 0 spiro atoms. The van der Waals surface area contributed by atoms with Gasteiger partial charge in [-0.3, -0.25) is 14.6 Å². The lowest BCUT2D eigenvalue weighted by Gasteiger charge is -2.37. The number of rotatable bonds is 4. The Morgan fingerprint density at radius 2 is 2.08 bits per heavy atom. The van der Waals surface area contributed by atoms with E-state index >= 15 is 0 Å². The smallest absolute Gasteiger partial charge is 0.230 e. The molecule has 2 aromatic rings. The molecule has 1 amide bonds. The second kappa shape index (κ2) is 8.90. The minimum atomic E-state index is -0.325. The number of nitrogens with one attached hydrogen (secondary N) is 1. The van der Waals surface area contributed by atoms with E-state index in [2.05, 4.69) is 29.0 Å². The van der Waals surface area contributed by atoms with Crippen LogP contribution in [0.1, 0.15) is 26.5 Å².